The van der Waals surface area contributed by atoms with Crippen LogP contribution in [0.15, 0.2) is 12.1 Å². The van der Waals surface area contributed by atoms with Gasteiger partial charge in [0.1, 0.15) is 0 Å². The molecule has 0 amide bonds. The fourth-order valence-electron chi connectivity index (χ4n) is 6.54. The molecule has 0 saturated heterocycles. The lowest BCUT2D eigenvalue weighted by Crippen LogP contribution is -2.11. The van der Waals surface area contributed by atoms with Crippen molar-refractivity contribution >= 4 is 0 Å². The molecule has 0 heteroatoms. The lowest BCUT2D eigenvalue weighted by atomic mass is 9.79. The minimum absolute atomic E-state index is 1.24. The molecule has 37 heavy (non-hydrogen) atoms. The van der Waals surface area contributed by atoms with Crippen molar-refractivity contribution in [1.29, 1.82) is 0 Å². The van der Waals surface area contributed by atoms with Crippen LogP contribution in [0.4, 0.5) is 0 Å². The summed E-state index contributed by atoms with van der Waals surface area (Å²) >= 11 is 0. The molecule has 2 aromatic rings. The second kappa shape index (κ2) is 15.8. The number of unbranched alkanes of at least 4 members (excludes halogenated alkanes) is 6. The van der Waals surface area contributed by atoms with Crippen LogP contribution in [0.25, 0.3) is 11.1 Å². The second-order valence-corrected chi connectivity index (χ2v) is 11.6. The molecule has 0 fully saturated rings. The van der Waals surface area contributed by atoms with E-state index >= 15 is 0 Å². The highest BCUT2D eigenvalue weighted by atomic mass is 14.3. The summed E-state index contributed by atoms with van der Waals surface area (Å²) in [5.41, 5.74) is 16.8. The Balaban J connectivity index is 2.35. The third kappa shape index (κ3) is 7.10. The Hall–Kier alpha value is -1.56. The molecule has 1 radical (unpaired) electrons. The van der Waals surface area contributed by atoms with E-state index in [-0.39, 0.29) is 0 Å². The van der Waals surface area contributed by atoms with E-state index in [1.807, 2.05) is 0 Å². The molecule has 0 spiro atoms. The van der Waals surface area contributed by atoms with Gasteiger partial charge in [-0.1, -0.05) is 92.2 Å². The Kier molecular flexibility index (Phi) is 12.8. The van der Waals surface area contributed by atoms with Gasteiger partial charge in [0.25, 0.3) is 0 Å². The fraction of sp³-hybridized carbons (Fsp3) is 0.649. The van der Waals surface area contributed by atoms with Crippen LogP contribution in [0.2, 0.25) is 0 Å². The van der Waals surface area contributed by atoms with E-state index in [2.05, 4.69) is 60.1 Å². The van der Waals surface area contributed by atoms with Crippen LogP contribution in [-0.4, -0.2) is 0 Å². The van der Waals surface area contributed by atoms with Crippen molar-refractivity contribution in [2.75, 3.05) is 0 Å². The van der Waals surface area contributed by atoms with E-state index in [1.54, 1.807) is 50.1 Å². The number of hydrogen-bond acceptors (Lipinski definition) is 0. The zero-order chi connectivity index (χ0) is 26.6. The van der Waals surface area contributed by atoms with Gasteiger partial charge in [0.15, 0.2) is 0 Å². The first-order chi connectivity index (χ1) is 18.2. The molecule has 0 unspecified atom stereocenters. The number of hydrogen-bond donors (Lipinski definition) is 0. The molecule has 0 aliphatic heterocycles. The van der Waals surface area contributed by atoms with Gasteiger partial charge >= 0.3 is 0 Å². The van der Waals surface area contributed by atoms with Crippen molar-refractivity contribution < 1.29 is 0 Å². The normalized spacial score (nSPS) is 12.3. The SMILES string of the molecule is CCCCc1ccc2c(c1CCCC)-c1c(c(CCCC)c(CCCC)c(CCCC)c1CCCC)[CH]2. The molecule has 205 valence electrons. The lowest BCUT2D eigenvalue weighted by Gasteiger charge is -2.26. The Morgan fingerprint density at radius 1 is 0.405 bits per heavy atom. The predicted octanol–water partition coefficient (Wildman–Crippen LogP) is 11.3. The van der Waals surface area contributed by atoms with E-state index < -0.39 is 0 Å². The average molecular weight is 502 g/mol. The van der Waals surface area contributed by atoms with E-state index in [0.717, 1.165) is 0 Å². The van der Waals surface area contributed by atoms with Crippen LogP contribution in [0.5, 0.6) is 0 Å². The van der Waals surface area contributed by atoms with Crippen molar-refractivity contribution in [3.8, 4) is 11.1 Å². The van der Waals surface area contributed by atoms with Crippen LogP contribution in [-0.2, 0) is 38.5 Å². The molecule has 0 atom stereocenters. The van der Waals surface area contributed by atoms with Crippen LogP contribution in [0.3, 0.4) is 0 Å². The second-order valence-electron chi connectivity index (χ2n) is 11.6. The van der Waals surface area contributed by atoms with Gasteiger partial charge in [-0.3, -0.25) is 0 Å². The monoisotopic (exact) mass is 501 g/mol. The molecular formula is C37H57. The predicted molar refractivity (Wildman–Crippen MR) is 166 cm³/mol. The molecule has 0 bridgehead atoms. The highest BCUT2D eigenvalue weighted by molar-refractivity contribution is 5.89. The topological polar surface area (TPSA) is 0 Å². The molecule has 0 heterocycles. The van der Waals surface area contributed by atoms with E-state index in [1.165, 1.54) is 121 Å². The Labute approximate surface area is 231 Å². The average Bonchev–Trinajstić information content (AvgIpc) is 3.30. The zero-order valence-electron chi connectivity index (χ0n) is 25.5. The minimum atomic E-state index is 1.24. The summed E-state index contributed by atoms with van der Waals surface area (Å²) in [6.07, 6.45) is 25.7. The Morgan fingerprint density at radius 2 is 0.838 bits per heavy atom. The summed E-state index contributed by atoms with van der Waals surface area (Å²) in [6, 6.07) is 4.98. The Morgan fingerprint density at radius 3 is 1.38 bits per heavy atom. The molecule has 0 nitrogen and oxygen atoms in total. The Bertz CT molecular complexity index is 977. The summed E-state index contributed by atoms with van der Waals surface area (Å²) in [4.78, 5) is 0. The first-order valence-electron chi connectivity index (χ1n) is 16.4. The summed E-state index contributed by atoms with van der Waals surface area (Å²) in [5.74, 6) is 0. The number of rotatable bonds is 18. The maximum absolute atomic E-state index is 2.63. The van der Waals surface area contributed by atoms with Gasteiger partial charge in [-0.05, 0) is 133 Å². The van der Waals surface area contributed by atoms with Gasteiger partial charge < -0.3 is 0 Å². The van der Waals surface area contributed by atoms with Gasteiger partial charge in [-0.2, -0.15) is 0 Å². The van der Waals surface area contributed by atoms with E-state index in [0.29, 0.717) is 0 Å². The summed E-state index contributed by atoms with van der Waals surface area (Å²) in [6.45, 7) is 14.2. The van der Waals surface area contributed by atoms with Crippen LogP contribution in [0, 0.1) is 6.42 Å². The smallest absolute Gasteiger partial charge is 0.0215 e. The van der Waals surface area contributed by atoms with Crippen LogP contribution < -0.4 is 0 Å². The standard InChI is InChI=1S/C37H57/c1-7-13-19-28-25-26-29-27-35-33(23-17-11-5)31(21-15-9-3)32(22-16-10-4)34(24-18-12-6)37(35)36(29)30(28)20-14-8-2/h25-27H,7-24H2,1-6H3. The third-order valence-electron chi connectivity index (χ3n) is 8.68. The van der Waals surface area contributed by atoms with Crippen LogP contribution >= 0.6 is 0 Å². The van der Waals surface area contributed by atoms with E-state index in [9.17, 15) is 0 Å². The summed E-state index contributed by atoms with van der Waals surface area (Å²) < 4.78 is 0. The van der Waals surface area contributed by atoms with Gasteiger partial charge in [-0.15, -0.1) is 0 Å². The van der Waals surface area contributed by atoms with Crippen molar-refractivity contribution in [2.24, 2.45) is 0 Å². The molecule has 2 aromatic carbocycles. The van der Waals surface area contributed by atoms with Gasteiger partial charge in [0, 0.05) is 6.42 Å². The quantitative estimate of drug-likeness (QED) is 0.162. The summed E-state index contributed by atoms with van der Waals surface area (Å²) in [7, 11) is 0. The number of fused-ring (bicyclic) bond motifs is 3. The van der Waals surface area contributed by atoms with Crippen molar-refractivity contribution in [3.05, 3.63) is 63.1 Å². The lowest BCUT2D eigenvalue weighted by molar-refractivity contribution is 0.718. The highest BCUT2D eigenvalue weighted by Gasteiger charge is 2.31. The molecule has 0 N–H and O–H groups in total. The number of benzene rings is 2. The fourth-order valence-corrected chi connectivity index (χ4v) is 6.54. The molecule has 0 saturated carbocycles. The first-order valence-corrected chi connectivity index (χ1v) is 16.4. The first kappa shape index (κ1) is 30.0. The molecule has 3 rings (SSSR count). The van der Waals surface area contributed by atoms with Crippen molar-refractivity contribution in [3.63, 3.8) is 0 Å². The highest BCUT2D eigenvalue weighted by Crippen LogP contribution is 2.49. The molecule has 1 aliphatic rings. The molecular weight excluding hydrogens is 444 g/mol. The van der Waals surface area contributed by atoms with Crippen LogP contribution in [0.1, 0.15) is 163 Å². The van der Waals surface area contributed by atoms with Crippen molar-refractivity contribution in [1.82, 2.24) is 0 Å². The molecule has 1 aliphatic carbocycles. The van der Waals surface area contributed by atoms with Gasteiger partial charge in [0.05, 0.1) is 0 Å². The van der Waals surface area contributed by atoms with Gasteiger partial charge in [0.2, 0.25) is 0 Å². The van der Waals surface area contributed by atoms with Crippen molar-refractivity contribution in [2.45, 2.75) is 157 Å². The minimum Gasteiger partial charge on any atom is -0.0654 e. The maximum Gasteiger partial charge on any atom is 0.0215 e. The third-order valence-corrected chi connectivity index (χ3v) is 8.68. The molecule has 0 aromatic heterocycles. The zero-order valence-corrected chi connectivity index (χ0v) is 25.5. The van der Waals surface area contributed by atoms with E-state index in [4.69, 9.17) is 0 Å². The largest absolute Gasteiger partial charge is 0.0654 e. The van der Waals surface area contributed by atoms with Gasteiger partial charge in [-0.25, -0.2) is 0 Å². The summed E-state index contributed by atoms with van der Waals surface area (Å²) in [5, 5.41) is 0. The number of aryl methyl sites for hydroxylation is 1. The maximum atomic E-state index is 2.63.